The van der Waals surface area contributed by atoms with Gasteiger partial charge in [-0.3, -0.25) is 0 Å². The number of benzene rings is 1. The number of rotatable bonds is 0. The van der Waals surface area contributed by atoms with Gasteiger partial charge in [0, 0.05) is 6.85 Å². The van der Waals surface area contributed by atoms with E-state index in [4.69, 9.17) is 15.0 Å². The largest absolute Gasteiger partial charge is 2.00 e. The summed E-state index contributed by atoms with van der Waals surface area (Å²) >= 11 is 0. The molecule has 1 rings (SSSR count). The van der Waals surface area contributed by atoms with E-state index in [2.05, 4.69) is 193 Å². The van der Waals surface area contributed by atoms with Gasteiger partial charge in [-0.15, -0.1) is 0 Å². The molecule has 0 heterocycles. The van der Waals surface area contributed by atoms with Crippen molar-refractivity contribution < 1.29 is 40.9 Å². The zero-order valence-electron chi connectivity index (χ0n) is 45.4. The molecule has 0 aliphatic carbocycles. The van der Waals surface area contributed by atoms with Crippen LogP contribution in [0.1, 0.15) is 202 Å². The van der Waals surface area contributed by atoms with Gasteiger partial charge in [0.15, 0.2) is 0 Å². The topological polar surface area (TPSA) is 64.3 Å². The van der Waals surface area contributed by atoms with Crippen LogP contribution in [-0.4, -0.2) is 34.5 Å². The molecule has 296 valence electrons. The first-order valence-corrected chi connectivity index (χ1v) is 24.1. The summed E-state index contributed by atoms with van der Waals surface area (Å²) < 4.78 is 50.2. The Hall–Kier alpha value is 0.465. The summed E-state index contributed by atoms with van der Waals surface area (Å²) in [6.07, 6.45) is 0. The van der Waals surface area contributed by atoms with Crippen molar-refractivity contribution in [3.05, 3.63) is 41.2 Å². The van der Waals surface area contributed by atoms with Gasteiger partial charge in [0.1, 0.15) is 0 Å². The maximum absolute atomic E-state index is 11.2. The molecule has 0 unspecified atom stereocenters. The van der Waals surface area contributed by atoms with Gasteiger partial charge in [0.2, 0.25) is 16.6 Å². The first-order chi connectivity index (χ1) is 23.5. The second kappa shape index (κ2) is 17.9. The predicted octanol–water partition coefficient (Wildman–Crippen LogP) is 15.8. The third-order valence-electron chi connectivity index (χ3n) is 10.4. The molecule has 0 aliphatic rings. The van der Waals surface area contributed by atoms with Crippen LogP contribution in [0.5, 0.6) is 0 Å². The third kappa shape index (κ3) is 13.6. The van der Waals surface area contributed by atoms with E-state index in [-0.39, 0.29) is 67.1 Å². The molecule has 0 amide bonds. The average Bonchev–Trinajstić information content (AvgIpc) is 2.85. The Kier molecular flexibility index (Phi) is 15.5. The van der Waals surface area contributed by atoms with Crippen molar-refractivity contribution in [1.29, 1.82) is 0 Å². The molecule has 1 aromatic carbocycles. The van der Waals surface area contributed by atoms with E-state index in [0.29, 0.717) is 0 Å². The van der Waals surface area contributed by atoms with E-state index in [0.717, 1.165) is 0 Å². The van der Waals surface area contributed by atoms with Gasteiger partial charge in [-0.2, -0.15) is 35.8 Å². The molecular formula is C43H91NO2Si3Ti. The van der Waals surface area contributed by atoms with E-state index in [1.807, 2.05) is 0 Å². The van der Waals surface area contributed by atoms with Gasteiger partial charge in [-0.25, -0.2) is 0 Å². The van der Waals surface area contributed by atoms with Gasteiger partial charge < -0.3 is 15.0 Å². The van der Waals surface area contributed by atoms with Gasteiger partial charge in [0.25, 0.3) is 0 Å². The minimum absolute atomic E-state index is 0. The van der Waals surface area contributed by atoms with Gasteiger partial charge in [-0.05, 0) is 41.2 Å². The zero-order valence-corrected chi connectivity index (χ0v) is 43.0. The molecule has 1 aromatic rings. The molecule has 7 heteroatoms. The molecular weight excluding hydrogens is 695 g/mol. The van der Waals surface area contributed by atoms with Gasteiger partial charge in [-0.1, -0.05) is 209 Å². The average molecular weight is 793 g/mol. The van der Waals surface area contributed by atoms with E-state index in [9.17, 15) is 9.59 Å². The molecule has 3 N–H and O–H groups in total. The van der Waals surface area contributed by atoms with Gasteiger partial charge >= 0.3 is 21.7 Å². The minimum Gasteiger partial charge on any atom is -0.678 e. The second-order valence-electron chi connectivity index (χ2n) is 23.4. The summed E-state index contributed by atoms with van der Waals surface area (Å²) in [5, 5.41) is 9.50. The van der Waals surface area contributed by atoms with Crippen LogP contribution in [0, 0.1) is 12.9 Å². The summed E-state index contributed by atoms with van der Waals surface area (Å²) in [5.74, 6) is 0. The second-order valence-corrected chi connectivity index (χ2v) is 41.3. The molecule has 0 atom stereocenters. The SMILES string of the molecule is CC(C)(C)[Si](O)(C(C)(C)C)C(C)(C)C.CC(C)(C)[Si](O)(C(C)(C)C)C(C)(C)C.CC(C)(C)[Si]([NH-])(C(C)(C)C)C(C)(C)C.[2H]c1[c-]c([2H])c([2H])c(C([2H])([2H])[2H])c1[2H].[Ti+2]. The smallest absolute Gasteiger partial charge is 0.678 e. The van der Waals surface area contributed by atoms with Crippen LogP contribution in [-0.2, 0) is 21.7 Å². The van der Waals surface area contributed by atoms with E-state index in [1.54, 1.807) is 0 Å². The number of hydrogen-bond acceptors (Lipinski definition) is 2. The molecule has 0 spiro atoms. The molecule has 0 bridgehead atoms. The Morgan fingerprint density at radius 2 is 0.640 bits per heavy atom. The Morgan fingerprint density at radius 3 is 0.720 bits per heavy atom. The molecule has 0 fully saturated rings. The van der Waals surface area contributed by atoms with Crippen LogP contribution >= 0.6 is 0 Å². The normalized spacial score (nSPS) is 16.8. The fourth-order valence-electron chi connectivity index (χ4n) is 10.4. The Morgan fingerprint density at radius 1 is 0.460 bits per heavy atom. The monoisotopic (exact) mass is 793 g/mol. The van der Waals surface area contributed by atoms with E-state index in [1.165, 1.54) is 0 Å². The first kappa shape index (κ1) is 43.2. The summed E-state index contributed by atoms with van der Waals surface area (Å²) in [7, 11) is -6.81. The molecule has 50 heavy (non-hydrogen) atoms. The van der Waals surface area contributed by atoms with Crippen molar-refractivity contribution in [3.63, 3.8) is 0 Å². The van der Waals surface area contributed by atoms with Crippen molar-refractivity contribution in [2.45, 2.75) is 239 Å². The summed E-state index contributed by atoms with van der Waals surface area (Å²) in [4.78, 5) is 22.3. The first-order valence-electron chi connectivity index (χ1n) is 21.7. The molecule has 0 aromatic heterocycles. The summed E-state index contributed by atoms with van der Waals surface area (Å²) in [6.45, 7) is 56.7. The zero-order chi connectivity index (χ0) is 47.1. The van der Waals surface area contributed by atoms with Gasteiger partial charge in [0.05, 0.1) is 0 Å². The quantitative estimate of drug-likeness (QED) is 0.203. The summed E-state index contributed by atoms with van der Waals surface area (Å²) in [6, 6.07) is 0.106. The van der Waals surface area contributed by atoms with Crippen molar-refractivity contribution >= 4 is 24.9 Å². The number of hydrogen-bond donors (Lipinski definition) is 2. The van der Waals surface area contributed by atoms with Crippen molar-refractivity contribution in [2.24, 2.45) is 0 Å². The maximum Gasteiger partial charge on any atom is 2.00 e. The van der Waals surface area contributed by atoms with Crippen molar-refractivity contribution in [2.75, 3.05) is 0 Å². The Balaban J connectivity index is -0.000000327. The standard InChI is InChI=1S/C12H28NSi.2C12H28OSi.C7H7.Ti/c3*1-10(2,3)14(13,11(4,5)6)12(7,8)9;1-7-5-3-2-4-6-7;/h3*13H,1-9H3;3-6H,1H3;/q-1;;;-1;+2/i;;;1D3,3D,4D,5D,6D;. The van der Waals surface area contributed by atoms with Crippen LogP contribution < -0.4 is 0 Å². The van der Waals surface area contributed by atoms with E-state index >= 15 is 0 Å². The fourth-order valence-corrected chi connectivity index (χ4v) is 30.6. The fraction of sp³-hybridized carbons (Fsp3) is 0.860. The summed E-state index contributed by atoms with van der Waals surface area (Å²) in [5.41, 5.74) is -0.550. The maximum atomic E-state index is 11.2. The molecule has 0 saturated carbocycles. The van der Waals surface area contributed by atoms with Crippen LogP contribution in [0.3, 0.4) is 0 Å². The van der Waals surface area contributed by atoms with E-state index < -0.39 is 61.5 Å². The molecule has 3 nitrogen and oxygen atoms in total. The van der Waals surface area contributed by atoms with Crippen molar-refractivity contribution in [3.8, 4) is 0 Å². The Bertz CT molecular complexity index is 1170. The Labute approximate surface area is 344 Å². The molecule has 0 saturated heterocycles. The van der Waals surface area contributed by atoms with Crippen molar-refractivity contribution in [1.82, 2.24) is 0 Å². The minimum atomic E-state index is -2.63. The predicted molar refractivity (Wildman–Crippen MR) is 233 cm³/mol. The van der Waals surface area contributed by atoms with Crippen LogP contribution in [0.15, 0.2) is 24.2 Å². The van der Waals surface area contributed by atoms with Crippen LogP contribution in [0.2, 0.25) is 45.3 Å². The van der Waals surface area contributed by atoms with Crippen LogP contribution in [0.25, 0.3) is 5.40 Å². The number of nitrogens with one attached hydrogen (secondary N) is 1. The third-order valence-corrected chi connectivity index (χ3v) is 30.2. The van der Waals surface area contributed by atoms with Crippen LogP contribution in [0.4, 0.5) is 0 Å². The molecule has 0 radical (unpaired) electrons. The molecule has 0 aliphatic heterocycles.